The van der Waals surface area contributed by atoms with Crippen molar-refractivity contribution in [2.75, 3.05) is 6.61 Å². The number of benzene rings is 1. The fourth-order valence-corrected chi connectivity index (χ4v) is 4.52. The van der Waals surface area contributed by atoms with Crippen molar-refractivity contribution < 1.29 is 4.74 Å². The highest BCUT2D eigenvalue weighted by atomic mass is 16.5. The molecule has 1 aromatic carbocycles. The van der Waals surface area contributed by atoms with Crippen LogP contribution in [-0.2, 0) is 6.42 Å². The first-order chi connectivity index (χ1) is 13.8. The summed E-state index contributed by atoms with van der Waals surface area (Å²) in [5.74, 6) is 2.79. The van der Waals surface area contributed by atoms with Gasteiger partial charge in [0.25, 0.3) is 0 Å². The van der Waals surface area contributed by atoms with Crippen LogP contribution in [0.1, 0.15) is 77.2 Å². The van der Waals surface area contributed by atoms with Crippen molar-refractivity contribution in [2.45, 2.75) is 78.1 Å². The van der Waals surface area contributed by atoms with E-state index in [1.54, 1.807) is 0 Å². The molecule has 0 radical (unpaired) electrons. The number of nitrogens with zero attached hydrogens (tertiary/aromatic N) is 1. The number of ether oxygens (including phenoxy) is 1. The monoisotopic (exact) mass is 379 g/mol. The van der Waals surface area contributed by atoms with Crippen LogP contribution in [0.5, 0.6) is 5.75 Å². The molecule has 2 aromatic rings. The molecule has 2 heteroatoms. The van der Waals surface area contributed by atoms with Gasteiger partial charge >= 0.3 is 0 Å². The first-order valence-electron chi connectivity index (χ1n) is 11.5. The first-order valence-corrected chi connectivity index (χ1v) is 11.5. The summed E-state index contributed by atoms with van der Waals surface area (Å²) in [7, 11) is 0. The molecule has 28 heavy (non-hydrogen) atoms. The molecule has 0 aliphatic heterocycles. The number of aromatic nitrogens is 1. The highest BCUT2D eigenvalue weighted by molar-refractivity contribution is 5.59. The van der Waals surface area contributed by atoms with Crippen LogP contribution in [0.3, 0.4) is 0 Å². The zero-order valence-electron chi connectivity index (χ0n) is 17.8. The average Bonchev–Trinajstić information content (AvgIpc) is 2.74. The van der Waals surface area contributed by atoms with Crippen molar-refractivity contribution in [2.24, 2.45) is 11.8 Å². The summed E-state index contributed by atoms with van der Waals surface area (Å²) in [5.41, 5.74) is 3.66. The van der Waals surface area contributed by atoms with Crippen LogP contribution in [0.25, 0.3) is 11.3 Å². The molecule has 2 atom stereocenters. The molecular weight excluding hydrogens is 342 g/mol. The molecule has 2 unspecified atom stereocenters. The van der Waals surface area contributed by atoms with Crippen LogP contribution in [-0.4, -0.2) is 11.6 Å². The molecule has 1 saturated carbocycles. The van der Waals surface area contributed by atoms with E-state index in [-0.39, 0.29) is 0 Å². The molecule has 1 fully saturated rings. The van der Waals surface area contributed by atoms with E-state index in [1.165, 1.54) is 62.5 Å². The standard InChI is InChI=1S/C26H37NO/c1-3-5-18-28-25-16-17-26(27-20-25)24-14-12-21(13-15-24)10-11-23-9-6-8-22(19-23)7-4-2/h12-17,20,22-23H,3-11,18-19H2,1-2H3. The Morgan fingerprint density at radius 3 is 2.39 bits per heavy atom. The molecular formula is C26H37NO. The number of unbranched alkanes of at least 4 members (excludes halogenated alkanes) is 1. The molecule has 0 saturated heterocycles. The zero-order chi connectivity index (χ0) is 19.6. The Morgan fingerprint density at radius 2 is 1.71 bits per heavy atom. The fourth-order valence-electron chi connectivity index (χ4n) is 4.52. The Bertz CT molecular complexity index is 675. The SMILES string of the molecule is CCCCOc1ccc(-c2ccc(CCC3CCCC(CCC)C3)cc2)nc1. The Morgan fingerprint density at radius 1 is 0.929 bits per heavy atom. The van der Waals surface area contributed by atoms with Crippen molar-refractivity contribution in [3.05, 3.63) is 48.2 Å². The second-order valence-electron chi connectivity index (χ2n) is 8.50. The largest absolute Gasteiger partial charge is 0.492 e. The predicted molar refractivity (Wildman–Crippen MR) is 119 cm³/mol. The first kappa shape index (κ1) is 20.9. The molecule has 152 valence electrons. The minimum atomic E-state index is 0.770. The number of rotatable bonds is 10. The molecule has 1 aromatic heterocycles. The lowest BCUT2D eigenvalue weighted by molar-refractivity contribution is 0.243. The summed E-state index contributed by atoms with van der Waals surface area (Å²) in [5, 5.41) is 0. The van der Waals surface area contributed by atoms with Gasteiger partial charge in [-0.3, -0.25) is 4.98 Å². The molecule has 0 bridgehead atoms. The summed E-state index contributed by atoms with van der Waals surface area (Å²) < 4.78 is 5.71. The normalized spacial score (nSPS) is 19.5. The van der Waals surface area contributed by atoms with E-state index in [2.05, 4.69) is 49.2 Å². The van der Waals surface area contributed by atoms with E-state index in [0.29, 0.717) is 0 Å². The van der Waals surface area contributed by atoms with E-state index in [0.717, 1.165) is 42.7 Å². The Hall–Kier alpha value is -1.83. The van der Waals surface area contributed by atoms with Gasteiger partial charge in [-0.15, -0.1) is 0 Å². The van der Waals surface area contributed by atoms with E-state index in [4.69, 9.17) is 4.74 Å². The van der Waals surface area contributed by atoms with E-state index in [1.807, 2.05) is 12.3 Å². The van der Waals surface area contributed by atoms with Crippen LogP contribution in [0.15, 0.2) is 42.6 Å². The average molecular weight is 380 g/mol. The van der Waals surface area contributed by atoms with Gasteiger partial charge in [-0.2, -0.15) is 0 Å². The second kappa shape index (κ2) is 11.2. The topological polar surface area (TPSA) is 22.1 Å². The number of hydrogen-bond acceptors (Lipinski definition) is 2. The van der Waals surface area contributed by atoms with Crippen molar-refractivity contribution in [1.82, 2.24) is 4.98 Å². The summed E-state index contributed by atoms with van der Waals surface area (Å²) >= 11 is 0. The molecule has 1 aliphatic rings. The van der Waals surface area contributed by atoms with Gasteiger partial charge in [-0.1, -0.05) is 76.6 Å². The minimum Gasteiger partial charge on any atom is -0.492 e. The summed E-state index contributed by atoms with van der Waals surface area (Å²) in [6.07, 6.45) is 15.2. The van der Waals surface area contributed by atoms with Gasteiger partial charge in [0.2, 0.25) is 0 Å². The lowest BCUT2D eigenvalue weighted by Crippen LogP contribution is -2.16. The molecule has 0 amide bonds. The lowest BCUT2D eigenvalue weighted by Gasteiger charge is -2.29. The number of pyridine rings is 1. The smallest absolute Gasteiger partial charge is 0.137 e. The summed E-state index contributed by atoms with van der Waals surface area (Å²) in [6, 6.07) is 13.1. The summed E-state index contributed by atoms with van der Waals surface area (Å²) in [4.78, 5) is 4.58. The maximum Gasteiger partial charge on any atom is 0.137 e. The predicted octanol–water partition coefficient (Wildman–Crippen LogP) is 7.47. The number of hydrogen-bond donors (Lipinski definition) is 0. The van der Waals surface area contributed by atoms with Gasteiger partial charge in [0.05, 0.1) is 18.5 Å². The maximum atomic E-state index is 5.71. The minimum absolute atomic E-state index is 0.770. The Labute approximate surface area is 171 Å². The molecule has 1 aliphatic carbocycles. The van der Waals surface area contributed by atoms with Crippen LogP contribution < -0.4 is 4.74 Å². The van der Waals surface area contributed by atoms with Crippen molar-refractivity contribution in [3.8, 4) is 17.0 Å². The van der Waals surface area contributed by atoms with Gasteiger partial charge in [-0.25, -0.2) is 0 Å². The second-order valence-corrected chi connectivity index (χ2v) is 8.50. The molecule has 0 spiro atoms. The maximum absolute atomic E-state index is 5.71. The lowest BCUT2D eigenvalue weighted by atomic mass is 9.77. The third-order valence-electron chi connectivity index (χ3n) is 6.18. The van der Waals surface area contributed by atoms with Gasteiger partial charge in [0, 0.05) is 5.56 Å². The third-order valence-corrected chi connectivity index (χ3v) is 6.18. The van der Waals surface area contributed by atoms with E-state index < -0.39 is 0 Å². The highest BCUT2D eigenvalue weighted by Crippen LogP contribution is 2.34. The molecule has 0 N–H and O–H groups in total. The molecule has 3 rings (SSSR count). The third kappa shape index (κ3) is 6.36. The van der Waals surface area contributed by atoms with Crippen molar-refractivity contribution in [1.29, 1.82) is 0 Å². The van der Waals surface area contributed by atoms with E-state index >= 15 is 0 Å². The Kier molecular flexibility index (Phi) is 8.39. The van der Waals surface area contributed by atoms with Crippen LogP contribution in [0.2, 0.25) is 0 Å². The van der Waals surface area contributed by atoms with Gasteiger partial charge < -0.3 is 4.74 Å². The molecule has 1 heterocycles. The van der Waals surface area contributed by atoms with Crippen molar-refractivity contribution in [3.63, 3.8) is 0 Å². The summed E-state index contributed by atoms with van der Waals surface area (Å²) in [6.45, 7) is 5.27. The van der Waals surface area contributed by atoms with Gasteiger partial charge in [0.15, 0.2) is 0 Å². The fraction of sp³-hybridized carbons (Fsp3) is 0.577. The van der Waals surface area contributed by atoms with Crippen LogP contribution in [0.4, 0.5) is 0 Å². The van der Waals surface area contributed by atoms with Crippen LogP contribution >= 0.6 is 0 Å². The van der Waals surface area contributed by atoms with Gasteiger partial charge in [0.1, 0.15) is 5.75 Å². The van der Waals surface area contributed by atoms with E-state index in [9.17, 15) is 0 Å². The number of aryl methyl sites for hydroxylation is 1. The van der Waals surface area contributed by atoms with Crippen molar-refractivity contribution >= 4 is 0 Å². The van der Waals surface area contributed by atoms with Gasteiger partial charge in [-0.05, 0) is 55.2 Å². The zero-order valence-corrected chi connectivity index (χ0v) is 17.8. The quantitative estimate of drug-likeness (QED) is 0.399. The highest BCUT2D eigenvalue weighted by Gasteiger charge is 2.21. The molecule has 2 nitrogen and oxygen atoms in total. The van der Waals surface area contributed by atoms with Crippen LogP contribution in [0, 0.1) is 11.8 Å². The Balaban J connectivity index is 1.49.